The molecule has 0 aliphatic heterocycles. The highest BCUT2D eigenvalue weighted by Gasteiger charge is 2.14. The second kappa shape index (κ2) is 8.82. The fourth-order valence-corrected chi connectivity index (χ4v) is 3.62. The van der Waals surface area contributed by atoms with Crippen LogP contribution in [0.5, 0.6) is 0 Å². The summed E-state index contributed by atoms with van der Waals surface area (Å²) in [4.78, 5) is 23.6. The van der Waals surface area contributed by atoms with E-state index in [4.69, 9.17) is 4.42 Å². The number of benzene rings is 1. The smallest absolute Gasteiger partial charge is 0.287 e. The molecule has 25 heavy (non-hydrogen) atoms. The first-order valence-electron chi connectivity index (χ1n) is 7.46. The van der Waals surface area contributed by atoms with Crippen LogP contribution in [0.4, 0.5) is 0 Å². The third-order valence-electron chi connectivity index (χ3n) is 3.22. The van der Waals surface area contributed by atoms with E-state index in [1.54, 1.807) is 24.3 Å². The van der Waals surface area contributed by atoms with Crippen LogP contribution in [0.3, 0.4) is 0 Å². The Hall–Kier alpha value is -2.13. The van der Waals surface area contributed by atoms with Crippen molar-refractivity contribution in [3.8, 4) is 0 Å². The van der Waals surface area contributed by atoms with E-state index in [-0.39, 0.29) is 35.9 Å². The Morgan fingerprint density at radius 3 is 2.40 bits per heavy atom. The van der Waals surface area contributed by atoms with Crippen molar-refractivity contribution in [2.45, 2.75) is 11.3 Å². The summed E-state index contributed by atoms with van der Waals surface area (Å²) in [5.74, 6) is -0.887. The van der Waals surface area contributed by atoms with E-state index in [0.29, 0.717) is 4.67 Å². The Morgan fingerprint density at radius 1 is 1.04 bits per heavy atom. The molecule has 1 aromatic heterocycles. The molecule has 0 aliphatic carbocycles. The summed E-state index contributed by atoms with van der Waals surface area (Å²) in [5.41, 5.74) is 0. The van der Waals surface area contributed by atoms with Crippen molar-refractivity contribution < 1.29 is 22.4 Å². The molecule has 0 bridgehead atoms. The van der Waals surface area contributed by atoms with Crippen LogP contribution in [-0.2, 0) is 14.6 Å². The molecule has 0 atom stereocenters. The van der Waals surface area contributed by atoms with Gasteiger partial charge in [-0.2, -0.15) is 0 Å². The minimum Gasteiger partial charge on any atom is -0.444 e. The van der Waals surface area contributed by atoms with E-state index in [0.717, 1.165) is 0 Å². The molecule has 0 saturated carbocycles. The Balaban J connectivity index is 1.68. The summed E-state index contributed by atoms with van der Waals surface area (Å²) < 4.78 is 29.6. The van der Waals surface area contributed by atoms with E-state index in [2.05, 4.69) is 26.6 Å². The zero-order chi connectivity index (χ0) is 18.3. The van der Waals surface area contributed by atoms with Crippen molar-refractivity contribution in [1.82, 2.24) is 10.6 Å². The standard InChI is InChI=1S/C16H17BrN2O5S/c17-14-8-7-13(24-14)16(21)19-11-15(20)18-9-4-10-25(22,23)12-5-2-1-3-6-12/h1-3,5-8H,4,9-11H2,(H,18,20)(H,19,21). The topological polar surface area (TPSA) is 105 Å². The highest BCUT2D eigenvalue weighted by Crippen LogP contribution is 2.13. The molecule has 0 fully saturated rings. The Morgan fingerprint density at radius 2 is 1.76 bits per heavy atom. The van der Waals surface area contributed by atoms with Gasteiger partial charge in [0.2, 0.25) is 5.91 Å². The minimum atomic E-state index is -3.36. The van der Waals surface area contributed by atoms with Gasteiger partial charge in [-0.05, 0) is 46.6 Å². The predicted octanol–water partition coefficient (Wildman–Crippen LogP) is 1.75. The lowest BCUT2D eigenvalue weighted by Gasteiger charge is -2.07. The van der Waals surface area contributed by atoms with Gasteiger partial charge in [-0.3, -0.25) is 9.59 Å². The molecule has 2 aromatic rings. The Bertz CT molecular complexity index is 833. The maximum absolute atomic E-state index is 12.1. The first-order chi connectivity index (χ1) is 11.9. The van der Waals surface area contributed by atoms with Gasteiger partial charge in [0, 0.05) is 6.54 Å². The number of hydrogen-bond donors (Lipinski definition) is 2. The molecule has 0 unspecified atom stereocenters. The van der Waals surface area contributed by atoms with Gasteiger partial charge in [-0.15, -0.1) is 0 Å². The van der Waals surface area contributed by atoms with Gasteiger partial charge in [-0.1, -0.05) is 18.2 Å². The number of amides is 2. The molecule has 7 nitrogen and oxygen atoms in total. The van der Waals surface area contributed by atoms with E-state index >= 15 is 0 Å². The lowest BCUT2D eigenvalue weighted by molar-refractivity contribution is -0.120. The highest BCUT2D eigenvalue weighted by atomic mass is 79.9. The van der Waals surface area contributed by atoms with Crippen molar-refractivity contribution in [2.75, 3.05) is 18.8 Å². The van der Waals surface area contributed by atoms with Gasteiger partial charge >= 0.3 is 0 Å². The molecule has 1 aromatic carbocycles. The van der Waals surface area contributed by atoms with Crippen LogP contribution in [0, 0.1) is 0 Å². The number of sulfone groups is 1. The summed E-state index contributed by atoms with van der Waals surface area (Å²) >= 11 is 3.08. The number of hydrogen-bond acceptors (Lipinski definition) is 5. The zero-order valence-corrected chi connectivity index (χ0v) is 15.6. The first-order valence-corrected chi connectivity index (χ1v) is 9.91. The molecule has 2 N–H and O–H groups in total. The molecule has 134 valence electrons. The van der Waals surface area contributed by atoms with Crippen LogP contribution in [0.15, 0.2) is 56.4 Å². The molecule has 0 radical (unpaired) electrons. The van der Waals surface area contributed by atoms with Crippen LogP contribution in [0.2, 0.25) is 0 Å². The SMILES string of the molecule is O=C(CNC(=O)c1ccc(Br)o1)NCCCS(=O)(=O)c1ccccc1. The number of carbonyl (C=O) groups excluding carboxylic acids is 2. The second-order valence-electron chi connectivity index (χ2n) is 5.12. The fourth-order valence-electron chi connectivity index (χ4n) is 1.98. The molecule has 9 heteroatoms. The molecular weight excluding hydrogens is 412 g/mol. The maximum atomic E-state index is 12.1. The Kier molecular flexibility index (Phi) is 6.77. The van der Waals surface area contributed by atoms with Gasteiger partial charge in [-0.25, -0.2) is 8.42 Å². The van der Waals surface area contributed by atoms with Crippen LogP contribution in [-0.4, -0.2) is 39.1 Å². The molecule has 0 saturated heterocycles. The van der Waals surface area contributed by atoms with Gasteiger partial charge in [0.15, 0.2) is 20.3 Å². The van der Waals surface area contributed by atoms with Crippen molar-refractivity contribution in [3.05, 3.63) is 52.9 Å². The van der Waals surface area contributed by atoms with Crippen molar-refractivity contribution in [2.24, 2.45) is 0 Å². The summed E-state index contributed by atoms with van der Waals surface area (Å²) in [5, 5.41) is 4.97. The number of rotatable bonds is 8. The largest absolute Gasteiger partial charge is 0.444 e. The number of nitrogens with one attached hydrogen (secondary N) is 2. The lowest BCUT2D eigenvalue weighted by Crippen LogP contribution is -2.37. The maximum Gasteiger partial charge on any atom is 0.287 e. The predicted molar refractivity (Wildman–Crippen MR) is 94.9 cm³/mol. The molecule has 1 heterocycles. The van der Waals surface area contributed by atoms with E-state index < -0.39 is 21.7 Å². The first kappa shape index (κ1) is 19.2. The van der Waals surface area contributed by atoms with Crippen LogP contribution < -0.4 is 10.6 Å². The summed E-state index contributed by atoms with van der Waals surface area (Å²) in [7, 11) is -3.36. The minimum absolute atomic E-state index is 0.0654. The van der Waals surface area contributed by atoms with Gasteiger partial charge in [0.25, 0.3) is 5.91 Å². The fraction of sp³-hybridized carbons (Fsp3) is 0.250. The quantitative estimate of drug-likeness (QED) is 0.623. The van der Waals surface area contributed by atoms with Gasteiger partial charge in [0.1, 0.15) is 0 Å². The van der Waals surface area contributed by atoms with Gasteiger partial charge in [0.05, 0.1) is 17.2 Å². The van der Waals surface area contributed by atoms with Crippen molar-refractivity contribution in [1.29, 1.82) is 0 Å². The highest BCUT2D eigenvalue weighted by molar-refractivity contribution is 9.10. The van der Waals surface area contributed by atoms with Crippen LogP contribution in [0.1, 0.15) is 17.0 Å². The molecule has 0 spiro atoms. The van der Waals surface area contributed by atoms with Crippen LogP contribution >= 0.6 is 15.9 Å². The number of carbonyl (C=O) groups is 2. The molecule has 0 aliphatic rings. The van der Waals surface area contributed by atoms with Crippen molar-refractivity contribution >= 4 is 37.6 Å². The third-order valence-corrected chi connectivity index (χ3v) is 5.46. The molecular formula is C16H17BrN2O5S. The number of halogens is 1. The zero-order valence-electron chi connectivity index (χ0n) is 13.2. The van der Waals surface area contributed by atoms with E-state index in [1.807, 2.05) is 0 Å². The monoisotopic (exact) mass is 428 g/mol. The normalized spacial score (nSPS) is 11.1. The third kappa shape index (κ3) is 6.02. The summed E-state index contributed by atoms with van der Waals surface area (Å²) in [6.07, 6.45) is 0.280. The number of furan rings is 1. The molecule has 2 rings (SSSR count). The van der Waals surface area contributed by atoms with Crippen LogP contribution in [0.25, 0.3) is 0 Å². The molecule has 2 amide bonds. The average molecular weight is 429 g/mol. The summed E-state index contributed by atoms with van der Waals surface area (Å²) in [6, 6.07) is 11.2. The van der Waals surface area contributed by atoms with E-state index in [1.165, 1.54) is 18.2 Å². The second-order valence-corrected chi connectivity index (χ2v) is 8.01. The van der Waals surface area contributed by atoms with Gasteiger partial charge < -0.3 is 15.1 Å². The lowest BCUT2D eigenvalue weighted by atomic mass is 10.4. The average Bonchev–Trinajstić information content (AvgIpc) is 3.04. The van der Waals surface area contributed by atoms with E-state index in [9.17, 15) is 18.0 Å². The van der Waals surface area contributed by atoms with Crippen molar-refractivity contribution in [3.63, 3.8) is 0 Å². The summed E-state index contributed by atoms with van der Waals surface area (Å²) in [6.45, 7) is -0.0182. The Labute approximate surface area is 153 Å².